The number of hydrogen-bond acceptors (Lipinski definition) is 7. The molecule has 3 amide bonds. The number of rotatable bonds is 12. The summed E-state index contributed by atoms with van der Waals surface area (Å²) in [6.45, 7) is 2.06. The summed E-state index contributed by atoms with van der Waals surface area (Å²) in [6, 6.07) is 24.1. The molecular formula is C30H32N4O6. The lowest BCUT2D eigenvalue weighted by atomic mass is 10.1. The summed E-state index contributed by atoms with van der Waals surface area (Å²) < 4.78 is 10.3. The van der Waals surface area contributed by atoms with Crippen molar-refractivity contribution < 1.29 is 28.7 Å². The zero-order chi connectivity index (χ0) is 28.7. The highest BCUT2D eigenvalue weighted by atomic mass is 16.5. The Morgan fingerprint density at radius 2 is 1.32 bits per heavy atom. The topological polar surface area (TPSA) is 147 Å². The fourth-order valence-corrected chi connectivity index (χ4v) is 3.56. The van der Waals surface area contributed by atoms with Crippen LogP contribution in [0.25, 0.3) is 0 Å². The zero-order valence-corrected chi connectivity index (χ0v) is 22.1. The van der Waals surface area contributed by atoms with Crippen molar-refractivity contribution in [2.45, 2.75) is 39.0 Å². The van der Waals surface area contributed by atoms with E-state index < -0.39 is 24.0 Å². The van der Waals surface area contributed by atoms with Gasteiger partial charge in [-0.1, -0.05) is 72.8 Å². The molecule has 3 aromatic carbocycles. The first-order valence-corrected chi connectivity index (χ1v) is 12.7. The molecule has 3 aromatic rings. The molecule has 1 atom stereocenters. The summed E-state index contributed by atoms with van der Waals surface area (Å²) in [4.78, 5) is 48.6. The van der Waals surface area contributed by atoms with Gasteiger partial charge in [0.25, 0.3) is 5.91 Å². The molecule has 0 aromatic heterocycles. The minimum atomic E-state index is -0.757. The number of ether oxygens (including phenoxy) is 2. The van der Waals surface area contributed by atoms with E-state index in [9.17, 15) is 19.2 Å². The van der Waals surface area contributed by atoms with Crippen LogP contribution in [0, 0.1) is 5.41 Å². The number of benzene rings is 3. The molecule has 0 radical (unpaired) electrons. The van der Waals surface area contributed by atoms with Crippen LogP contribution in [0.2, 0.25) is 0 Å². The predicted octanol–water partition coefficient (Wildman–Crippen LogP) is 3.70. The van der Waals surface area contributed by atoms with Crippen molar-refractivity contribution in [3.63, 3.8) is 0 Å². The van der Waals surface area contributed by atoms with E-state index in [0.717, 1.165) is 11.1 Å². The molecule has 3 rings (SSSR count). The van der Waals surface area contributed by atoms with E-state index in [1.807, 2.05) is 60.7 Å². The van der Waals surface area contributed by atoms with Gasteiger partial charge >= 0.3 is 12.1 Å². The second-order valence-electron chi connectivity index (χ2n) is 8.96. The average Bonchev–Trinajstić information content (AvgIpc) is 2.96. The SMILES string of the molecule is CC(CC(=O)OCc1ccccc1)NC(=O)CCNC(=O)c1ccc(C(=N)NC(=O)OCc2ccccc2)cc1. The second-order valence-corrected chi connectivity index (χ2v) is 8.96. The second kappa shape index (κ2) is 15.4. The van der Waals surface area contributed by atoms with Crippen LogP contribution >= 0.6 is 0 Å². The molecule has 4 N–H and O–H groups in total. The monoisotopic (exact) mass is 544 g/mol. The summed E-state index contributed by atoms with van der Waals surface area (Å²) in [7, 11) is 0. The quantitative estimate of drug-likeness (QED) is 0.155. The van der Waals surface area contributed by atoms with Crippen LogP contribution in [0.5, 0.6) is 0 Å². The Balaban J connectivity index is 1.32. The van der Waals surface area contributed by atoms with Gasteiger partial charge in [0, 0.05) is 30.1 Å². The molecule has 10 nitrogen and oxygen atoms in total. The standard InChI is InChI=1S/C30H32N4O6/c1-21(18-27(36)39-19-22-8-4-2-5-9-22)33-26(35)16-17-32-29(37)25-14-12-24(13-15-25)28(31)34-30(38)40-20-23-10-6-3-7-11-23/h2-15,21H,16-20H2,1H3,(H,32,37)(H,33,35)(H2,31,34,38). The summed E-state index contributed by atoms with van der Waals surface area (Å²) in [5.74, 6) is -1.28. The van der Waals surface area contributed by atoms with Crippen molar-refractivity contribution in [3.05, 3.63) is 107 Å². The lowest BCUT2D eigenvalue weighted by Crippen LogP contribution is -2.37. The summed E-state index contributed by atoms with van der Waals surface area (Å²) in [5, 5.41) is 15.8. The lowest BCUT2D eigenvalue weighted by molar-refractivity contribution is -0.145. The van der Waals surface area contributed by atoms with Gasteiger partial charge in [0.05, 0.1) is 6.42 Å². The molecule has 0 saturated carbocycles. The number of hydrogen-bond donors (Lipinski definition) is 4. The molecule has 0 fully saturated rings. The van der Waals surface area contributed by atoms with Crippen LogP contribution in [-0.2, 0) is 32.3 Å². The van der Waals surface area contributed by atoms with Crippen molar-refractivity contribution in [3.8, 4) is 0 Å². The van der Waals surface area contributed by atoms with Crippen LogP contribution in [-0.4, -0.2) is 42.3 Å². The van der Waals surface area contributed by atoms with E-state index in [0.29, 0.717) is 11.1 Å². The first kappa shape index (κ1) is 29.6. The Kier molecular flexibility index (Phi) is 11.4. The van der Waals surface area contributed by atoms with Gasteiger partial charge in [-0.3, -0.25) is 25.1 Å². The third-order valence-corrected chi connectivity index (χ3v) is 5.64. The average molecular weight is 545 g/mol. The molecule has 208 valence electrons. The number of amidine groups is 1. The van der Waals surface area contributed by atoms with E-state index in [1.165, 1.54) is 24.3 Å². The minimum absolute atomic E-state index is 0.0336. The Bertz CT molecular complexity index is 1300. The number of esters is 1. The highest BCUT2D eigenvalue weighted by Gasteiger charge is 2.14. The third kappa shape index (κ3) is 10.4. The van der Waals surface area contributed by atoms with Crippen LogP contribution in [0.15, 0.2) is 84.9 Å². The number of amides is 3. The third-order valence-electron chi connectivity index (χ3n) is 5.64. The van der Waals surface area contributed by atoms with Gasteiger partial charge in [0.2, 0.25) is 5.91 Å². The van der Waals surface area contributed by atoms with Crippen LogP contribution in [0.4, 0.5) is 4.79 Å². The highest BCUT2D eigenvalue weighted by molar-refractivity contribution is 6.05. The fourth-order valence-electron chi connectivity index (χ4n) is 3.56. The maximum atomic E-state index is 12.4. The normalized spacial score (nSPS) is 11.0. The molecule has 40 heavy (non-hydrogen) atoms. The van der Waals surface area contributed by atoms with E-state index in [4.69, 9.17) is 14.9 Å². The van der Waals surface area contributed by atoms with Crippen molar-refractivity contribution in [2.75, 3.05) is 6.54 Å². The maximum absolute atomic E-state index is 12.4. The van der Waals surface area contributed by atoms with E-state index >= 15 is 0 Å². The van der Waals surface area contributed by atoms with Gasteiger partial charge in [-0.2, -0.15) is 0 Å². The van der Waals surface area contributed by atoms with E-state index in [-0.39, 0.29) is 44.3 Å². The molecule has 0 aliphatic rings. The molecule has 10 heteroatoms. The van der Waals surface area contributed by atoms with Gasteiger partial charge in [-0.25, -0.2) is 4.79 Å². The van der Waals surface area contributed by atoms with Crippen LogP contribution < -0.4 is 16.0 Å². The number of alkyl carbamates (subject to hydrolysis) is 1. The van der Waals surface area contributed by atoms with Gasteiger partial charge in [0.15, 0.2) is 0 Å². The summed E-state index contributed by atoms with van der Waals surface area (Å²) >= 11 is 0. The maximum Gasteiger partial charge on any atom is 0.413 e. The van der Waals surface area contributed by atoms with Gasteiger partial charge in [0.1, 0.15) is 19.0 Å². The Morgan fingerprint density at radius 3 is 1.93 bits per heavy atom. The van der Waals surface area contributed by atoms with Crippen molar-refractivity contribution in [1.82, 2.24) is 16.0 Å². The Labute approximate surface area is 232 Å². The van der Waals surface area contributed by atoms with Gasteiger partial charge in [-0.15, -0.1) is 0 Å². The van der Waals surface area contributed by atoms with Crippen molar-refractivity contribution >= 4 is 29.7 Å². The molecule has 1 unspecified atom stereocenters. The van der Waals surface area contributed by atoms with Crippen LogP contribution in [0.1, 0.15) is 46.8 Å². The summed E-state index contributed by atoms with van der Waals surface area (Å²) in [5.41, 5.74) is 2.43. The summed E-state index contributed by atoms with van der Waals surface area (Å²) in [6.07, 6.45) is -0.689. The molecule has 0 saturated heterocycles. The highest BCUT2D eigenvalue weighted by Crippen LogP contribution is 2.06. The zero-order valence-electron chi connectivity index (χ0n) is 22.1. The van der Waals surface area contributed by atoms with Crippen LogP contribution in [0.3, 0.4) is 0 Å². The minimum Gasteiger partial charge on any atom is -0.461 e. The van der Waals surface area contributed by atoms with Crippen molar-refractivity contribution in [1.29, 1.82) is 5.41 Å². The first-order chi connectivity index (χ1) is 19.3. The smallest absolute Gasteiger partial charge is 0.413 e. The lowest BCUT2D eigenvalue weighted by Gasteiger charge is -2.14. The molecular weight excluding hydrogens is 512 g/mol. The Morgan fingerprint density at radius 1 is 0.775 bits per heavy atom. The molecule has 0 aliphatic carbocycles. The van der Waals surface area contributed by atoms with Gasteiger partial charge < -0.3 is 20.1 Å². The first-order valence-electron chi connectivity index (χ1n) is 12.7. The number of carbonyl (C=O) groups excluding carboxylic acids is 4. The molecule has 0 bridgehead atoms. The molecule has 0 aliphatic heterocycles. The van der Waals surface area contributed by atoms with Crippen molar-refractivity contribution in [2.24, 2.45) is 0 Å². The molecule has 0 spiro atoms. The van der Waals surface area contributed by atoms with E-state index in [1.54, 1.807) is 6.92 Å². The Hall–Kier alpha value is -4.99. The predicted molar refractivity (Wildman–Crippen MR) is 148 cm³/mol. The number of nitrogens with one attached hydrogen (secondary N) is 4. The number of carbonyl (C=O) groups is 4. The van der Waals surface area contributed by atoms with Gasteiger partial charge in [-0.05, 0) is 30.2 Å². The van der Waals surface area contributed by atoms with E-state index in [2.05, 4.69) is 16.0 Å². The largest absolute Gasteiger partial charge is 0.461 e. The fraction of sp³-hybridized carbons (Fsp3) is 0.233. The molecule has 0 heterocycles.